The van der Waals surface area contributed by atoms with E-state index in [1.54, 1.807) is 0 Å². The number of nitro benzene ring substituents is 1. The number of hydrogen-bond donors (Lipinski definition) is 2. The third-order valence-electron chi connectivity index (χ3n) is 5.35. The van der Waals surface area contributed by atoms with Crippen LogP contribution in [0.4, 0.5) is 10.1 Å². The Morgan fingerprint density at radius 1 is 1.06 bits per heavy atom. The first-order chi connectivity index (χ1) is 15.7. The van der Waals surface area contributed by atoms with Gasteiger partial charge in [-0.15, -0.1) is 0 Å². The number of carboxylic acids is 1. The maximum Gasteiger partial charge on any atom is 0.303 e. The predicted molar refractivity (Wildman–Crippen MR) is 115 cm³/mol. The van der Waals surface area contributed by atoms with Gasteiger partial charge in [-0.2, -0.15) is 0 Å². The molecule has 3 rings (SSSR count). The van der Waals surface area contributed by atoms with Gasteiger partial charge >= 0.3 is 5.97 Å². The van der Waals surface area contributed by atoms with Crippen molar-refractivity contribution in [2.45, 2.75) is 31.7 Å². The summed E-state index contributed by atoms with van der Waals surface area (Å²) in [4.78, 5) is 47.8. The summed E-state index contributed by atoms with van der Waals surface area (Å²) in [6, 6.07) is 9.09. The fourth-order valence-corrected chi connectivity index (χ4v) is 3.77. The zero-order valence-electron chi connectivity index (χ0n) is 17.4. The van der Waals surface area contributed by atoms with Crippen molar-refractivity contribution in [3.8, 4) is 0 Å². The van der Waals surface area contributed by atoms with Crippen LogP contribution in [-0.4, -0.2) is 44.2 Å². The summed E-state index contributed by atoms with van der Waals surface area (Å²) in [6.45, 7) is 0.0996. The number of rotatable bonds is 9. The Morgan fingerprint density at radius 2 is 1.76 bits per heavy atom. The molecule has 1 aliphatic heterocycles. The predicted octanol–water partition coefficient (Wildman–Crippen LogP) is 3.80. The lowest BCUT2D eigenvalue weighted by molar-refractivity contribution is -0.384. The number of nitro groups is 1. The van der Waals surface area contributed by atoms with Crippen molar-refractivity contribution in [1.82, 2.24) is 4.90 Å². The van der Waals surface area contributed by atoms with Gasteiger partial charge in [0.05, 0.1) is 16.5 Å². The second kappa shape index (κ2) is 10.0. The number of aliphatic hydroxyl groups is 1. The number of carbonyl (C=O) groups is 3. The van der Waals surface area contributed by atoms with Crippen molar-refractivity contribution in [2.24, 2.45) is 0 Å². The van der Waals surface area contributed by atoms with Gasteiger partial charge in [-0.25, -0.2) is 4.39 Å². The summed E-state index contributed by atoms with van der Waals surface area (Å²) in [5.74, 6) is -3.87. The van der Waals surface area contributed by atoms with Gasteiger partial charge < -0.3 is 15.1 Å². The largest absolute Gasteiger partial charge is 0.507 e. The molecule has 1 heterocycles. The van der Waals surface area contributed by atoms with E-state index in [4.69, 9.17) is 5.11 Å². The van der Waals surface area contributed by atoms with E-state index in [0.717, 1.165) is 18.2 Å². The number of carboxylic acid groups (broad SMARTS) is 1. The molecule has 1 fully saturated rings. The van der Waals surface area contributed by atoms with Crippen LogP contribution in [0.25, 0.3) is 5.76 Å². The fraction of sp³-hybridized carbons (Fsp3) is 0.261. The van der Waals surface area contributed by atoms with E-state index >= 15 is 0 Å². The summed E-state index contributed by atoms with van der Waals surface area (Å²) in [5.41, 5.74) is -0.0790. The number of ketones is 1. The van der Waals surface area contributed by atoms with Crippen LogP contribution in [0.5, 0.6) is 0 Å². The summed E-state index contributed by atoms with van der Waals surface area (Å²) >= 11 is 0. The van der Waals surface area contributed by atoms with Crippen molar-refractivity contribution in [3.63, 3.8) is 0 Å². The van der Waals surface area contributed by atoms with Crippen LogP contribution in [0, 0.1) is 15.9 Å². The highest BCUT2D eigenvalue weighted by Crippen LogP contribution is 2.39. The minimum absolute atomic E-state index is 0.0215. The van der Waals surface area contributed by atoms with Gasteiger partial charge in [-0.3, -0.25) is 24.5 Å². The number of benzene rings is 2. The van der Waals surface area contributed by atoms with Crippen molar-refractivity contribution < 1.29 is 33.9 Å². The second-order valence-corrected chi connectivity index (χ2v) is 7.56. The van der Waals surface area contributed by atoms with E-state index in [2.05, 4.69) is 0 Å². The molecule has 0 spiro atoms. The number of aliphatic carboxylic acids is 1. The van der Waals surface area contributed by atoms with Gasteiger partial charge in [0.1, 0.15) is 11.6 Å². The average molecular weight is 456 g/mol. The van der Waals surface area contributed by atoms with E-state index in [9.17, 15) is 34.0 Å². The Morgan fingerprint density at radius 3 is 2.36 bits per heavy atom. The molecule has 1 amide bonds. The fourth-order valence-electron chi connectivity index (χ4n) is 3.77. The molecule has 0 radical (unpaired) electrons. The minimum atomic E-state index is -1.06. The summed E-state index contributed by atoms with van der Waals surface area (Å²) < 4.78 is 14.0. The number of non-ortho nitro benzene ring substituents is 1. The topological polar surface area (TPSA) is 138 Å². The maximum absolute atomic E-state index is 14.0. The summed E-state index contributed by atoms with van der Waals surface area (Å²) in [7, 11) is 0. The second-order valence-electron chi connectivity index (χ2n) is 7.56. The van der Waals surface area contributed by atoms with Crippen molar-refractivity contribution in [2.75, 3.05) is 6.54 Å². The Bertz CT molecular complexity index is 1130. The Hall–Kier alpha value is -4.08. The molecular formula is C23H21FN2O7. The van der Waals surface area contributed by atoms with Crippen molar-refractivity contribution >= 4 is 29.1 Å². The number of carbonyl (C=O) groups excluding carboxylic acids is 2. The third-order valence-corrected chi connectivity index (χ3v) is 5.35. The highest BCUT2D eigenvalue weighted by Gasteiger charge is 2.45. The molecule has 172 valence electrons. The summed E-state index contributed by atoms with van der Waals surface area (Å²) in [6.07, 6.45) is 1.27. The van der Waals surface area contributed by atoms with E-state index in [1.165, 1.54) is 35.2 Å². The number of likely N-dealkylation sites (tertiary alicyclic amines) is 1. The number of halogens is 1. The van der Waals surface area contributed by atoms with Gasteiger partial charge in [0.25, 0.3) is 17.4 Å². The number of Topliss-reactive ketones (excluding diaryl/α,β-unsaturated/α-hetero) is 1. The lowest BCUT2D eigenvalue weighted by Gasteiger charge is -2.25. The van der Waals surface area contributed by atoms with Gasteiger partial charge in [0.2, 0.25) is 0 Å². The lowest BCUT2D eigenvalue weighted by atomic mass is 9.95. The first kappa shape index (κ1) is 23.6. The van der Waals surface area contributed by atoms with Crippen molar-refractivity contribution in [3.05, 3.63) is 81.2 Å². The van der Waals surface area contributed by atoms with Crippen LogP contribution < -0.4 is 0 Å². The molecule has 0 bridgehead atoms. The molecule has 10 heteroatoms. The molecule has 2 aromatic rings. The molecule has 0 saturated carbocycles. The van der Waals surface area contributed by atoms with Crippen LogP contribution in [0.15, 0.2) is 54.1 Å². The SMILES string of the molecule is O=C(O)CCCCCN1C(=O)C(=O)/C(=C(/O)c2ccc([N+](=O)[O-])cc2)C1c1cccc(F)c1. The van der Waals surface area contributed by atoms with Gasteiger partial charge in [0.15, 0.2) is 0 Å². The Balaban J connectivity index is 1.99. The molecule has 1 aliphatic rings. The minimum Gasteiger partial charge on any atom is -0.507 e. The molecule has 33 heavy (non-hydrogen) atoms. The van der Waals surface area contributed by atoms with Crippen molar-refractivity contribution in [1.29, 1.82) is 0 Å². The quantitative estimate of drug-likeness (QED) is 0.146. The highest BCUT2D eigenvalue weighted by atomic mass is 19.1. The smallest absolute Gasteiger partial charge is 0.303 e. The normalized spacial score (nSPS) is 17.4. The van der Waals surface area contributed by atoms with Crippen LogP contribution in [0.1, 0.15) is 42.9 Å². The standard InChI is InChI=1S/C23H21FN2O7/c24-16-6-4-5-15(13-16)20-19(21(29)14-8-10-17(11-9-14)26(32)33)22(30)23(31)25(20)12-3-1-2-7-18(27)28/h4-6,8-11,13,20,29H,1-3,7,12H2,(H,27,28)/b21-19+. The number of hydrogen-bond acceptors (Lipinski definition) is 6. The first-order valence-corrected chi connectivity index (χ1v) is 10.2. The zero-order chi connectivity index (χ0) is 24.1. The first-order valence-electron chi connectivity index (χ1n) is 10.2. The molecule has 9 nitrogen and oxygen atoms in total. The number of aliphatic hydroxyl groups excluding tert-OH is 1. The lowest BCUT2D eigenvalue weighted by Crippen LogP contribution is -2.30. The van der Waals surface area contributed by atoms with Crippen LogP contribution in [-0.2, 0) is 14.4 Å². The van der Waals surface area contributed by atoms with E-state index in [0.29, 0.717) is 19.3 Å². The molecule has 1 saturated heterocycles. The number of amides is 1. The Kier molecular flexibility index (Phi) is 7.17. The number of nitrogens with zero attached hydrogens (tertiary/aromatic N) is 2. The summed E-state index contributed by atoms with van der Waals surface area (Å²) in [5, 5.41) is 30.5. The molecular weight excluding hydrogens is 435 g/mol. The molecule has 1 unspecified atom stereocenters. The highest BCUT2D eigenvalue weighted by molar-refractivity contribution is 6.46. The molecule has 0 aliphatic carbocycles. The molecule has 2 N–H and O–H groups in total. The van der Waals surface area contributed by atoms with Crippen LogP contribution >= 0.6 is 0 Å². The van der Waals surface area contributed by atoms with Crippen LogP contribution in [0.3, 0.4) is 0 Å². The van der Waals surface area contributed by atoms with Gasteiger partial charge in [0, 0.05) is 30.7 Å². The van der Waals surface area contributed by atoms with E-state index in [-0.39, 0.29) is 35.4 Å². The van der Waals surface area contributed by atoms with Gasteiger partial charge in [-0.1, -0.05) is 18.6 Å². The monoisotopic (exact) mass is 456 g/mol. The average Bonchev–Trinajstić information content (AvgIpc) is 3.03. The Labute approximate surface area is 187 Å². The maximum atomic E-state index is 14.0. The van der Waals surface area contributed by atoms with Crippen LogP contribution in [0.2, 0.25) is 0 Å². The number of unbranched alkanes of at least 4 members (excludes halogenated alkanes) is 2. The zero-order valence-corrected chi connectivity index (χ0v) is 17.4. The van der Waals surface area contributed by atoms with E-state index in [1.807, 2.05) is 0 Å². The molecule has 0 aromatic heterocycles. The van der Waals surface area contributed by atoms with Gasteiger partial charge in [-0.05, 0) is 42.7 Å². The molecule has 2 aromatic carbocycles. The third kappa shape index (κ3) is 5.22. The van der Waals surface area contributed by atoms with E-state index < -0.39 is 40.2 Å². The molecule has 1 atom stereocenters.